The molecule has 0 aromatic carbocycles. The molecule has 110 valence electrons. The fourth-order valence-electron chi connectivity index (χ4n) is 2.96. The molecule has 2 aliphatic heterocycles. The topological polar surface area (TPSA) is 92.5 Å². The summed E-state index contributed by atoms with van der Waals surface area (Å²) in [6.45, 7) is 2.54. The zero-order chi connectivity index (χ0) is 13.9. The molecule has 2 rings (SSSR count). The fourth-order valence-corrected chi connectivity index (χ4v) is 4.72. The van der Waals surface area contributed by atoms with E-state index in [0.29, 0.717) is 26.1 Å². The Bertz CT molecular complexity index is 424. The second-order valence-electron chi connectivity index (χ2n) is 5.47. The number of sulfone groups is 1. The number of amides is 1. The molecule has 0 aromatic rings. The van der Waals surface area contributed by atoms with E-state index in [1.54, 1.807) is 0 Å². The number of likely N-dealkylation sites (tertiary alicyclic amines) is 1. The summed E-state index contributed by atoms with van der Waals surface area (Å²) in [5, 5.41) is 2.82. The predicted octanol–water partition coefficient (Wildman–Crippen LogP) is -1.04. The largest absolute Gasteiger partial charge is 0.355 e. The van der Waals surface area contributed by atoms with Crippen molar-refractivity contribution in [2.24, 2.45) is 11.7 Å². The monoisotopic (exact) mass is 289 g/mol. The van der Waals surface area contributed by atoms with E-state index in [4.69, 9.17) is 5.73 Å². The number of piperidine rings is 1. The van der Waals surface area contributed by atoms with Crippen molar-refractivity contribution in [1.29, 1.82) is 0 Å². The lowest BCUT2D eigenvalue weighted by Crippen LogP contribution is -2.48. The second kappa shape index (κ2) is 6.19. The predicted molar refractivity (Wildman–Crippen MR) is 73.4 cm³/mol. The first kappa shape index (κ1) is 14.7. The highest BCUT2D eigenvalue weighted by atomic mass is 32.2. The van der Waals surface area contributed by atoms with Crippen molar-refractivity contribution in [3.05, 3.63) is 0 Å². The number of hydrogen-bond acceptors (Lipinski definition) is 5. The molecule has 0 saturated carbocycles. The fraction of sp³-hybridized carbons (Fsp3) is 0.917. The number of nitrogens with two attached hydrogens (primary N) is 1. The van der Waals surface area contributed by atoms with Crippen LogP contribution in [0.4, 0.5) is 0 Å². The van der Waals surface area contributed by atoms with Gasteiger partial charge in [0.25, 0.3) is 0 Å². The molecule has 2 unspecified atom stereocenters. The minimum atomic E-state index is -2.86. The Morgan fingerprint density at radius 1 is 1.37 bits per heavy atom. The standard InChI is InChI=1S/C12H23N3O3S/c13-4-5-14-12(16)10-2-1-6-15(8-10)11-3-7-19(17,18)9-11/h10-11H,1-9,13H2,(H,14,16). The third kappa shape index (κ3) is 3.90. The number of nitrogens with zero attached hydrogens (tertiary/aromatic N) is 1. The van der Waals surface area contributed by atoms with Gasteiger partial charge in [-0.25, -0.2) is 8.42 Å². The molecule has 0 radical (unpaired) electrons. The summed E-state index contributed by atoms with van der Waals surface area (Å²) in [6.07, 6.45) is 2.54. The zero-order valence-corrected chi connectivity index (χ0v) is 12.0. The summed E-state index contributed by atoms with van der Waals surface area (Å²) in [5.41, 5.74) is 5.37. The molecule has 6 nitrogen and oxygen atoms in total. The first-order chi connectivity index (χ1) is 9.02. The highest BCUT2D eigenvalue weighted by molar-refractivity contribution is 7.91. The van der Waals surface area contributed by atoms with Crippen molar-refractivity contribution in [1.82, 2.24) is 10.2 Å². The van der Waals surface area contributed by atoms with Crippen LogP contribution in [0.25, 0.3) is 0 Å². The van der Waals surface area contributed by atoms with Gasteiger partial charge in [-0.15, -0.1) is 0 Å². The molecule has 2 heterocycles. The molecule has 2 fully saturated rings. The van der Waals surface area contributed by atoms with Gasteiger partial charge in [0.2, 0.25) is 5.91 Å². The minimum absolute atomic E-state index is 0.0244. The molecule has 0 aliphatic carbocycles. The summed E-state index contributed by atoms with van der Waals surface area (Å²) >= 11 is 0. The normalized spacial score (nSPS) is 31.2. The van der Waals surface area contributed by atoms with Crippen LogP contribution in [0.15, 0.2) is 0 Å². The van der Waals surface area contributed by atoms with Gasteiger partial charge in [-0.3, -0.25) is 9.69 Å². The summed E-state index contributed by atoms with van der Waals surface area (Å²) in [7, 11) is -2.86. The molecule has 0 spiro atoms. The lowest BCUT2D eigenvalue weighted by atomic mass is 9.95. The van der Waals surface area contributed by atoms with Gasteiger partial charge < -0.3 is 11.1 Å². The molecule has 2 aliphatic rings. The first-order valence-electron chi connectivity index (χ1n) is 6.94. The van der Waals surface area contributed by atoms with E-state index in [2.05, 4.69) is 10.2 Å². The van der Waals surface area contributed by atoms with Crippen LogP contribution >= 0.6 is 0 Å². The molecule has 19 heavy (non-hydrogen) atoms. The van der Waals surface area contributed by atoms with Crippen molar-refractivity contribution >= 4 is 15.7 Å². The third-order valence-electron chi connectivity index (χ3n) is 3.99. The molecule has 2 saturated heterocycles. The van der Waals surface area contributed by atoms with Crippen LogP contribution in [0, 0.1) is 5.92 Å². The van der Waals surface area contributed by atoms with Crippen molar-refractivity contribution in [2.45, 2.75) is 25.3 Å². The van der Waals surface area contributed by atoms with Gasteiger partial charge in [0, 0.05) is 25.7 Å². The molecule has 0 aromatic heterocycles. The van der Waals surface area contributed by atoms with Crippen molar-refractivity contribution < 1.29 is 13.2 Å². The zero-order valence-electron chi connectivity index (χ0n) is 11.2. The summed E-state index contributed by atoms with van der Waals surface area (Å²) in [6, 6.07) is 0.107. The Labute approximate surface area is 114 Å². The quantitative estimate of drug-likeness (QED) is 0.690. The Hall–Kier alpha value is -0.660. The number of hydrogen-bond donors (Lipinski definition) is 2. The van der Waals surface area contributed by atoms with Gasteiger partial charge in [0.05, 0.1) is 17.4 Å². The Kier molecular flexibility index (Phi) is 4.81. The minimum Gasteiger partial charge on any atom is -0.355 e. The lowest BCUT2D eigenvalue weighted by Gasteiger charge is -2.35. The van der Waals surface area contributed by atoms with Gasteiger partial charge in [-0.05, 0) is 25.8 Å². The average molecular weight is 289 g/mol. The molecule has 3 N–H and O–H groups in total. The lowest BCUT2D eigenvalue weighted by molar-refractivity contribution is -0.126. The Morgan fingerprint density at radius 3 is 2.79 bits per heavy atom. The maximum absolute atomic E-state index is 11.9. The number of nitrogens with one attached hydrogen (secondary N) is 1. The van der Waals surface area contributed by atoms with Crippen LogP contribution in [0.1, 0.15) is 19.3 Å². The van der Waals surface area contributed by atoms with Crippen molar-refractivity contribution in [2.75, 3.05) is 37.7 Å². The number of carbonyl (C=O) groups is 1. The van der Waals surface area contributed by atoms with Gasteiger partial charge in [0.1, 0.15) is 0 Å². The third-order valence-corrected chi connectivity index (χ3v) is 5.74. The van der Waals surface area contributed by atoms with E-state index < -0.39 is 9.84 Å². The van der Waals surface area contributed by atoms with E-state index in [1.165, 1.54) is 0 Å². The summed E-state index contributed by atoms with van der Waals surface area (Å²) < 4.78 is 23.0. The van der Waals surface area contributed by atoms with Crippen LogP contribution in [0.2, 0.25) is 0 Å². The van der Waals surface area contributed by atoms with Gasteiger partial charge in [-0.2, -0.15) is 0 Å². The van der Waals surface area contributed by atoms with E-state index in [1.807, 2.05) is 0 Å². The van der Waals surface area contributed by atoms with Crippen molar-refractivity contribution in [3.63, 3.8) is 0 Å². The molecule has 7 heteroatoms. The van der Waals surface area contributed by atoms with Crippen LogP contribution in [-0.2, 0) is 14.6 Å². The summed E-state index contributed by atoms with van der Waals surface area (Å²) in [4.78, 5) is 14.1. The van der Waals surface area contributed by atoms with E-state index in [9.17, 15) is 13.2 Å². The van der Waals surface area contributed by atoms with Gasteiger partial charge in [0.15, 0.2) is 9.84 Å². The SMILES string of the molecule is NCCNC(=O)C1CCCN(C2CCS(=O)(=O)C2)C1. The molecular weight excluding hydrogens is 266 g/mol. The van der Waals surface area contributed by atoms with Crippen LogP contribution in [0.3, 0.4) is 0 Å². The smallest absolute Gasteiger partial charge is 0.224 e. The van der Waals surface area contributed by atoms with Gasteiger partial charge >= 0.3 is 0 Å². The number of rotatable bonds is 4. The maximum Gasteiger partial charge on any atom is 0.224 e. The van der Waals surface area contributed by atoms with Crippen LogP contribution in [0.5, 0.6) is 0 Å². The van der Waals surface area contributed by atoms with E-state index in [-0.39, 0.29) is 29.4 Å². The maximum atomic E-state index is 11.9. The second-order valence-corrected chi connectivity index (χ2v) is 7.70. The van der Waals surface area contributed by atoms with Crippen LogP contribution in [-0.4, -0.2) is 63.0 Å². The highest BCUT2D eigenvalue weighted by Crippen LogP contribution is 2.24. The Balaban J connectivity index is 1.89. The van der Waals surface area contributed by atoms with Gasteiger partial charge in [-0.1, -0.05) is 0 Å². The first-order valence-corrected chi connectivity index (χ1v) is 8.76. The molecule has 2 atom stereocenters. The highest BCUT2D eigenvalue weighted by Gasteiger charge is 2.35. The average Bonchev–Trinajstić information content (AvgIpc) is 2.76. The van der Waals surface area contributed by atoms with Crippen molar-refractivity contribution in [3.8, 4) is 0 Å². The molecular formula is C12H23N3O3S. The molecule has 1 amide bonds. The van der Waals surface area contributed by atoms with E-state index in [0.717, 1.165) is 19.4 Å². The Morgan fingerprint density at radius 2 is 2.16 bits per heavy atom. The summed E-state index contributed by atoms with van der Waals surface area (Å²) in [5.74, 6) is 0.571. The van der Waals surface area contributed by atoms with Crippen LogP contribution < -0.4 is 11.1 Å². The number of carbonyl (C=O) groups excluding carboxylic acids is 1. The molecule has 0 bridgehead atoms. The van der Waals surface area contributed by atoms with E-state index >= 15 is 0 Å².